The lowest BCUT2D eigenvalue weighted by atomic mass is 9.89. The number of hydrogen-bond donors (Lipinski definition) is 3. The van der Waals surface area contributed by atoms with Gasteiger partial charge in [-0.1, -0.05) is 13.8 Å². The predicted molar refractivity (Wildman–Crippen MR) is 78.6 cm³/mol. The highest BCUT2D eigenvalue weighted by Gasteiger charge is 2.16. The van der Waals surface area contributed by atoms with Crippen LogP contribution in [0.15, 0.2) is 29.2 Å². The van der Waals surface area contributed by atoms with E-state index in [2.05, 4.69) is 23.9 Å². The number of nitrogens with one attached hydrogen (secondary N) is 2. The van der Waals surface area contributed by atoms with Gasteiger partial charge in [-0.25, -0.2) is 13.1 Å². The van der Waals surface area contributed by atoms with E-state index in [1.165, 1.54) is 7.05 Å². The zero-order valence-corrected chi connectivity index (χ0v) is 12.5. The van der Waals surface area contributed by atoms with Crippen LogP contribution in [0.5, 0.6) is 0 Å². The fraction of sp³-hybridized carbons (Fsp3) is 0.538. The molecule has 0 aliphatic rings. The van der Waals surface area contributed by atoms with Crippen molar-refractivity contribution < 1.29 is 8.42 Å². The van der Waals surface area contributed by atoms with Crippen LogP contribution in [0, 0.1) is 5.41 Å². The molecule has 5 nitrogen and oxygen atoms in total. The van der Waals surface area contributed by atoms with E-state index in [4.69, 9.17) is 5.73 Å². The monoisotopic (exact) mass is 285 g/mol. The van der Waals surface area contributed by atoms with Crippen molar-refractivity contribution in [2.75, 3.05) is 25.5 Å². The van der Waals surface area contributed by atoms with Gasteiger partial charge in [0.15, 0.2) is 0 Å². The van der Waals surface area contributed by atoms with Crippen LogP contribution in [0.2, 0.25) is 0 Å². The van der Waals surface area contributed by atoms with Gasteiger partial charge in [-0.2, -0.15) is 0 Å². The van der Waals surface area contributed by atoms with E-state index in [9.17, 15) is 8.42 Å². The van der Waals surface area contributed by atoms with E-state index in [1.54, 1.807) is 24.3 Å². The third kappa shape index (κ3) is 4.81. The molecule has 0 radical (unpaired) electrons. The highest BCUT2D eigenvalue weighted by molar-refractivity contribution is 7.89. The van der Waals surface area contributed by atoms with Gasteiger partial charge in [0.1, 0.15) is 0 Å². The van der Waals surface area contributed by atoms with Crippen LogP contribution in [0.3, 0.4) is 0 Å². The highest BCUT2D eigenvalue weighted by Crippen LogP contribution is 2.21. The zero-order chi connectivity index (χ0) is 14.5. The van der Waals surface area contributed by atoms with E-state index >= 15 is 0 Å². The Kier molecular flexibility index (Phi) is 5.34. The molecule has 19 heavy (non-hydrogen) atoms. The Balaban J connectivity index is 2.68. The van der Waals surface area contributed by atoms with Crippen molar-refractivity contribution >= 4 is 15.7 Å². The Morgan fingerprint density at radius 3 is 2.26 bits per heavy atom. The summed E-state index contributed by atoms with van der Waals surface area (Å²) in [5, 5.41) is 3.30. The van der Waals surface area contributed by atoms with Crippen molar-refractivity contribution in [3.05, 3.63) is 24.3 Å². The van der Waals surface area contributed by atoms with Gasteiger partial charge in [0, 0.05) is 12.2 Å². The van der Waals surface area contributed by atoms with Crippen LogP contribution in [0.4, 0.5) is 5.69 Å². The van der Waals surface area contributed by atoms with Gasteiger partial charge >= 0.3 is 0 Å². The molecular formula is C13H23N3O2S. The number of anilines is 1. The number of hydrogen-bond acceptors (Lipinski definition) is 4. The van der Waals surface area contributed by atoms with Crippen molar-refractivity contribution in [3.8, 4) is 0 Å². The molecule has 108 valence electrons. The normalized spacial score (nSPS) is 12.4. The van der Waals surface area contributed by atoms with E-state index in [0.29, 0.717) is 6.54 Å². The first kappa shape index (κ1) is 15.9. The molecule has 1 aromatic carbocycles. The van der Waals surface area contributed by atoms with Gasteiger partial charge in [-0.15, -0.1) is 0 Å². The number of sulfonamides is 1. The third-order valence-corrected chi connectivity index (χ3v) is 4.46. The van der Waals surface area contributed by atoms with Crippen molar-refractivity contribution in [2.45, 2.75) is 25.2 Å². The lowest BCUT2D eigenvalue weighted by Crippen LogP contribution is -2.26. The molecule has 0 bridgehead atoms. The summed E-state index contributed by atoms with van der Waals surface area (Å²) < 4.78 is 25.4. The number of rotatable bonds is 7. The standard InChI is InChI=1S/C13H23N3O2S/c1-13(2,8-9-14)10-16-11-4-6-12(7-5-11)19(17,18)15-3/h4-7,15-16H,8-10,14H2,1-3H3. The predicted octanol–water partition coefficient (Wildman–Crippen LogP) is 1.38. The van der Waals surface area contributed by atoms with Crippen LogP contribution in [-0.4, -0.2) is 28.6 Å². The summed E-state index contributed by atoms with van der Waals surface area (Å²) >= 11 is 0. The van der Waals surface area contributed by atoms with Gasteiger partial charge in [0.25, 0.3) is 0 Å². The second kappa shape index (κ2) is 6.36. The quantitative estimate of drug-likeness (QED) is 0.706. The minimum absolute atomic E-state index is 0.116. The highest BCUT2D eigenvalue weighted by atomic mass is 32.2. The molecule has 6 heteroatoms. The first-order chi connectivity index (χ1) is 8.80. The van der Waals surface area contributed by atoms with Crippen molar-refractivity contribution in [1.29, 1.82) is 0 Å². The van der Waals surface area contributed by atoms with Crippen molar-refractivity contribution in [3.63, 3.8) is 0 Å². The summed E-state index contributed by atoms with van der Waals surface area (Å²) in [6, 6.07) is 6.71. The second-order valence-corrected chi connectivity index (χ2v) is 7.17. The van der Waals surface area contributed by atoms with E-state index in [-0.39, 0.29) is 10.3 Å². The van der Waals surface area contributed by atoms with Crippen LogP contribution in [0.1, 0.15) is 20.3 Å². The van der Waals surface area contributed by atoms with Gasteiger partial charge in [0.2, 0.25) is 10.0 Å². The maximum atomic E-state index is 11.6. The molecule has 0 amide bonds. The first-order valence-electron chi connectivity index (χ1n) is 6.28. The molecule has 0 atom stereocenters. The molecule has 0 fully saturated rings. The summed E-state index contributed by atoms with van der Waals surface area (Å²) in [6.07, 6.45) is 0.937. The molecule has 0 heterocycles. The maximum Gasteiger partial charge on any atom is 0.240 e. The molecule has 0 aliphatic carbocycles. The lowest BCUT2D eigenvalue weighted by Gasteiger charge is -2.24. The van der Waals surface area contributed by atoms with Gasteiger partial charge < -0.3 is 11.1 Å². The Hall–Kier alpha value is -1.11. The Bertz CT molecular complexity index is 495. The van der Waals surface area contributed by atoms with E-state index in [0.717, 1.165) is 18.7 Å². The Morgan fingerprint density at radius 2 is 1.79 bits per heavy atom. The van der Waals surface area contributed by atoms with Crippen molar-refractivity contribution in [2.24, 2.45) is 11.1 Å². The summed E-state index contributed by atoms with van der Waals surface area (Å²) in [5.41, 5.74) is 6.58. The maximum absolute atomic E-state index is 11.6. The van der Waals surface area contributed by atoms with Gasteiger partial charge in [0.05, 0.1) is 4.90 Å². The van der Waals surface area contributed by atoms with Crippen LogP contribution >= 0.6 is 0 Å². The largest absolute Gasteiger partial charge is 0.385 e. The van der Waals surface area contributed by atoms with Crippen LogP contribution < -0.4 is 15.8 Å². The van der Waals surface area contributed by atoms with Gasteiger partial charge in [-0.3, -0.25) is 0 Å². The molecule has 1 aromatic rings. The second-order valence-electron chi connectivity index (χ2n) is 5.29. The minimum atomic E-state index is -3.36. The van der Waals surface area contributed by atoms with Crippen LogP contribution in [0.25, 0.3) is 0 Å². The number of benzene rings is 1. The fourth-order valence-electron chi connectivity index (χ4n) is 1.69. The van der Waals surface area contributed by atoms with Gasteiger partial charge in [-0.05, 0) is 49.7 Å². The average Bonchev–Trinajstić information content (AvgIpc) is 2.37. The van der Waals surface area contributed by atoms with E-state index < -0.39 is 10.0 Å². The summed E-state index contributed by atoms with van der Waals surface area (Å²) in [5.74, 6) is 0. The fourth-order valence-corrected chi connectivity index (χ4v) is 2.42. The minimum Gasteiger partial charge on any atom is -0.385 e. The SMILES string of the molecule is CNS(=O)(=O)c1ccc(NCC(C)(C)CCN)cc1. The number of nitrogens with two attached hydrogens (primary N) is 1. The zero-order valence-electron chi connectivity index (χ0n) is 11.7. The Labute approximate surface area is 115 Å². The third-order valence-electron chi connectivity index (χ3n) is 3.03. The molecule has 0 saturated carbocycles. The molecule has 4 N–H and O–H groups in total. The molecule has 0 aliphatic heterocycles. The Morgan fingerprint density at radius 1 is 1.21 bits per heavy atom. The van der Waals surface area contributed by atoms with Crippen molar-refractivity contribution in [1.82, 2.24) is 4.72 Å². The summed E-state index contributed by atoms with van der Waals surface area (Å²) in [7, 11) is -1.96. The summed E-state index contributed by atoms with van der Waals surface area (Å²) in [6.45, 7) is 5.75. The molecule has 1 rings (SSSR count). The first-order valence-corrected chi connectivity index (χ1v) is 7.77. The average molecular weight is 285 g/mol. The smallest absolute Gasteiger partial charge is 0.240 e. The van der Waals surface area contributed by atoms with E-state index in [1.807, 2.05) is 0 Å². The summed E-state index contributed by atoms with van der Waals surface area (Å²) in [4.78, 5) is 0.266. The lowest BCUT2D eigenvalue weighted by molar-refractivity contribution is 0.365. The molecule has 0 spiro atoms. The van der Waals surface area contributed by atoms with Crippen LogP contribution in [-0.2, 0) is 10.0 Å². The topological polar surface area (TPSA) is 84.2 Å². The molecule has 0 aromatic heterocycles. The molecule has 0 saturated heterocycles. The molecular weight excluding hydrogens is 262 g/mol. The molecule has 0 unspecified atom stereocenters.